The van der Waals surface area contributed by atoms with Crippen LogP contribution in [0, 0.1) is 12.3 Å². The topological polar surface area (TPSA) is 107 Å². The maximum atomic E-state index is 12.4. The number of hydrazone groups is 1. The molecule has 7 heteroatoms. The molecule has 0 bridgehead atoms. The molecule has 3 rings (SSSR count). The number of rotatable bonds is 4. The minimum Gasteiger partial charge on any atom is -0.497 e. The predicted molar refractivity (Wildman–Crippen MR) is 101 cm³/mol. The van der Waals surface area contributed by atoms with E-state index in [1.54, 1.807) is 38.3 Å². The Labute approximate surface area is 157 Å². The van der Waals surface area contributed by atoms with Crippen molar-refractivity contribution in [1.82, 2.24) is 5.43 Å². The number of benzene rings is 1. The molecule has 0 unspecified atom stereocenters. The van der Waals surface area contributed by atoms with E-state index in [0.717, 1.165) is 5.56 Å². The van der Waals surface area contributed by atoms with Crippen molar-refractivity contribution >= 4 is 17.5 Å². The molecule has 0 atom stereocenters. The highest BCUT2D eigenvalue weighted by Gasteiger charge is 2.35. The molecule has 1 aliphatic carbocycles. The zero-order valence-corrected chi connectivity index (χ0v) is 15.9. The molecular formula is C20H23N3O4. The molecule has 0 fully saturated rings. The lowest BCUT2D eigenvalue weighted by molar-refractivity contribution is 0.0951. The van der Waals surface area contributed by atoms with Gasteiger partial charge < -0.3 is 14.9 Å². The Bertz CT molecular complexity index is 923. The van der Waals surface area contributed by atoms with E-state index in [1.807, 2.05) is 0 Å². The zero-order valence-electron chi connectivity index (χ0n) is 15.9. The van der Waals surface area contributed by atoms with E-state index >= 15 is 0 Å². The summed E-state index contributed by atoms with van der Waals surface area (Å²) in [6.45, 7) is 5.94. The third-order valence-corrected chi connectivity index (χ3v) is 4.66. The number of methoxy groups -OCH3 is 1. The van der Waals surface area contributed by atoms with Crippen LogP contribution in [0.1, 0.15) is 58.1 Å². The molecule has 1 aromatic carbocycles. The molecule has 1 aromatic heterocycles. The van der Waals surface area contributed by atoms with Crippen molar-refractivity contribution in [2.45, 2.75) is 33.6 Å². The van der Waals surface area contributed by atoms with Crippen LogP contribution in [0.5, 0.6) is 5.75 Å². The lowest BCUT2D eigenvalue weighted by Crippen LogP contribution is -2.29. The first-order valence-corrected chi connectivity index (χ1v) is 8.65. The van der Waals surface area contributed by atoms with E-state index in [4.69, 9.17) is 14.9 Å². The third-order valence-electron chi connectivity index (χ3n) is 4.66. The number of carbonyl (C=O) groups excluding carboxylic acids is 2. The summed E-state index contributed by atoms with van der Waals surface area (Å²) in [6, 6.07) is 6.75. The Kier molecular flexibility index (Phi) is 4.78. The van der Waals surface area contributed by atoms with Gasteiger partial charge in [-0.05, 0) is 43.0 Å². The highest BCUT2D eigenvalue weighted by atomic mass is 16.5. The van der Waals surface area contributed by atoms with Gasteiger partial charge in [0.1, 0.15) is 11.5 Å². The lowest BCUT2D eigenvalue weighted by atomic mass is 9.75. The van der Waals surface area contributed by atoms with E-state index in [2.05, 4.69) is 24.4 Å². The molecule has 0 aliphatic heterocycles. The summed E-state index contributed by atoms with van der Waals surface area (Å²) in [4.78, 5) is 24.0. The number of amides is 2. The summed E-state index contributed by atoms with van der Waals surface area (Å²) in [5, 5.41) is 4.35. The standard InChI is InChI=1S/C20H23N3O4/c1-11-16-14(9-20(2,3)10-15(16)27-17(11)18(21)24)22-23-19(25)12-5-7-13(26-4)8-6-12/h5-8H,9-10H2,1-4H3,(H2,21,24)(H,23,25)/b22-14+. The fourth-order valence-electron chi connectivity index (χ4n) is 3.37. The summed E-state index contributed by atoms with van der Waals surface area (Å²) >= 11 is 0. The Hall–Kier alpha value is -3.09. The van der Waals surface area contributed by atoms with Crippen LogP contribution in [0.4, 0.5) is 0 Å². The first-order chi connectivity index (χ1) is 12.7. The van der Waals surface area contributed by atoms with Crippen molar-refractivity contribution in [3.8, 4) is 5.75 Å². The highest BCUT2D eigenvalue weighted by Crippen LogP contribution is 2.38. The van der Waals surface area contributed by atoms with Gasteiger partial charge in [-0.1, -0.05) is 13.8 Å². The van der Waals surface area contributed by atoms with E-state index < -0.39 is 5.91 Å². The molecule has 0 saturated carbocycles. The quantitative estimate of drug-likeness (QED) is 0.808. The Morgan fingerprint density at radius 1 is 1.22 bits per heavy atom. The first-order valence-electron chi connectivity index (χ1n) is 8.65. The number of furan rings is 1. The fraction of sp³-hybridized carbons (Fsp3) is 0.350. The second-order valence-corrected chi connectivity index (χ2v) is 7.46. The summed E-state index contributed by atoms with van der Waals surface area (Å²) in [5.41, 5.74) is 10.5. The minimum absolute atomic E-state index is 0.115. The predicted octanol–water partition coefficient (Wildman–Crippen LogP) is 2.80. The molecule has 0 radical (unpaired) electrons. The van der Waals surface area contributed by atoms with E-state index in [0.29, 0.717) is 41.2 Å². The number of nitrogens with zero attached hydrogens (tertiary/aromatic N) is 1. The molecule has 27 heavy (non-hydrogen) atoms. The van der Waals surface area contributed by atoms with Crippen molar-refractivity contribution in [2.75, 3.05) is 7.11 Å². The van der Waals surface area contributed by atoms with Gasteiger partial charge in [-0.15, -0.1) is 0 Å². The van der Waals surface area contributed by atoms with Gasteiger partial charge in [0.25, 0.3) is 11.8 Å². The SMILES string of the molecule is COc1ccc(C(=O)N/N=C2\CC(C)(C)Cc3oc(C(N)=O)c(C)c32)cc1. The Morgan fingerprint density at radius 2 is 1.89 bits per heavy atom. The summed E-state index contributed by atoms with van der Waals surface area (Å²) in [6.07, 6.45) is 1.31. The summed E-state index contributed by atoms with van der Waals surface area (Å²) < 4.78 is 10.8. The van der Waals surface area contributed by atoms with Gasteiger partial charge in [0.2, 0.25) is 0 Å². The average Bonchev–Trinajstić information content (AvgIpc) is 2.95. The fourth-order valence-corrected chi connectivity index (χ4v) is 3.37. The second-order valence-electron chi connectivity index (χ2n) is 7.46. The molecule has 2 amide bonds. The highest BCUT2D eigenvalue weighted by molar-refractivity contribution is 6.07. The van der Waals surface area contributed by atoms with Gasteiger partial charge in [0.05, 0.1) is 12.8 Å². The summed E-state index contributed by atoms with van der Waals surface area (Å²) in [7, 11) is 1.57. The zero-order chi connectivity index (χ0) is 19.8. The summed E-state index contributed by atoms with van der Waals surface area (Å²) in [5.74, 6) is 0.555. The molecule has 1 heterocycles. The van der Waals surface area contributed by atoms with Crippen LogP contribution in [-0.2, 0) is 6.42 Å². The second kappa shape index (κ2) is 6.90. The van der Waals surface area contributed by atoms with Gasteiger partial charge in [-0.3, -0.25) is 9.59 Å². The number of hydrogen-bond donors (Lipinski definition) is 2. The molecule has 2 aromatic rings. The monoisotopic (exact) mass is 369 g/mol. The molecule has 0 spiro atoms. The Morgan fingerprint density at radius 3 is 2.48 bits per heavy atom. The van der Waals surface area contributed by atoms with E-state index in [9.17, 15) is 9.59 Å². The van der Waals surface area contributed by atoms with Crippen molar-refractivity contribution in [1.29, 1.82) is 0 Å². The maximum Gasteiger partial charge on any atom is 0.284 e. The smallest absolute Gasteiger partial charge is 0.284 e. The number of carbonyl (C=O) groups is 2. The van der Waals surface area contributed by atoms with Crippen molar-refractivity contribution in [2.24, 2.45) is 16.3 Å². The maximum absolute atomic E-state index is 12.4. The molecule has 7 nitrogen and oxygen atoms in total. The average molecular weight is 369 g/mol. The van der Waals surface area contributed by atoms with Crippen LogP contribution in [0.3, 0.4) is 0 Å². The number of ether oxygens (including phenoxy) is 1. The van der Waals surface area contributed by atoms with Gasteiger partial charge in [0, 0.05) is 23.1 Å². The van der Waals surface area contributed by atoms with Gasteiger partial charge in [-0.2, -0.15) is 5.10 Å². The third kappa shape index (κ3) is 3.72. The number of nitrogens with one attached hydrogen (secondary N) is 1. The molecular weight excluding hydrogens is 346 g/mol. The largest absolute Gasteiger partial charge is 0.497 e. The van der Waals surface area contributed by atoms with Gasteiger partial charge >= 0.3 is 0 Å². The lowest BCUT2D eigenvalue weighted by Gasteiger charge is -2.29. The van der Waals surface area contributed by atoms with Crippen LogP contribution in [0.2, 0.25) is 0 Å². The van der Waals surface area contributed by atoms with Crippen molar-refractivity contribution < 1.29 is 18.7 Å². The van der Waals surface area contributed by atoms with Crippen LogP contribution < -0.4 is 15.9 Å². The first kappa shape index (κ1) is 18.7. The normalized spacial score (nSPS) is 16.7. The number of fused-ring (bicyclic) bond motifs is 1. The molecule has 142 valence electrons. The molecule has 1 aliphatic rings. The Balaban J connectivity index is 1.91. The van der Waals surface area contributed by atoms with Crippen LogP contribution in [0.15, 0.2) is 33.8 Å². The van der Waals surface area contributed by atoms with Gasteiger partial charge in [-0.25, -0.2) is 5.43 Å². The van der Waals surface area contributed by atoms with Crippen molar-refractivity contribution in [3.05, 3.63) is 52.5 Å². The van der Waals surface area contributed by atoms with Crippen LogP contribution in [-0.4, -0.2) is 24.6 Å². The molecule has 3 N–H and O–H groups in total. The van der Waals surface area contributed by atoms with E-state index in [1.165, 1.54) is 0 Å². The van der Waals surface area contributed by atoms with Crippen LogP contribution >= 0.6 is 0 Å². The van der Waals surface area contributed by atoms with Crippen LogP contribution in [0.25, 0.3) is 0 Å². The minimum atomic E-state index is -0.610. The number of primary amides is 1. The molecule has 0 saturated heterocycles. The van der Waals surface area contributed by atoms with Gasteiger partial charge in [0.15, 0.2) is 5.76 Å². The van der Waals surface area contributed by atoms with E-state index in [-0.39, 0.29) is 17.1 Å². The number of hydrogen-bond acceptors (Lipinski definition) is 5. The van der Waals surface area contributed by atoms with Crippen molar-refractivity contribution in [3.63, 3.8) is 0 Å². The number of nitrogens with two attached hydrogens (primary N) is 1.